The van der Waals surface area contributed by atoms with Crippen molar-refractivity contribution < 1.29 is 27.5 Å². The highest BCUT2D eigenvalue weighted by Gasteiger charge is 2.66. The van der Waals surface area contributed by atoms with Crippen molar-refractivity contribution in [3.05, 3.63) is 83.8 Å². The number of aromatic nitrogens is 2. The summed E-state index contributed by atoms with van der Waals surface area (Å²) in [5.41, 5.74) is -2.20. The Morgan fingerprint density at radius 3 is 2.45 bits per heavy atom. The summed E-state index contributed by atoms with van der Waals surface area (Å²) in [4.78, 5) is 13.5. The standard InChI is InChI=1S/C24H17F4N3O2/c1-30-12-17-10-14(8-9-20(17)29-30)15-6-7-16(19(25)11-15)13-31-21-5-3-2-4-18(21)23(33,22(31)32)24(26,27)28/h2-12,33H,13H2,1H3. The van der Waals surface area contributed by atoms with Crippen LogP contribution < -0.4 is 4.90 Å². The first-order valence-electron chi connectivity index (χ1n) is 10.0. The first-order valence-corrected chi connectivity index (χ1v) is 10.0. The van der Waals surface area contributed by atoms with Crippen molar-refractivity contribution in [2.24, 2.45) is 7.05 Å². The Labute approximate surface area is 185 Å². The fourth-order valence-corrected chi connectivity index (χ4v) is 4.22. The Balaban J connectivity index is 1.49. The van der Waals surface area contributed by atoms with E-state index in [1.807, 2.05) is 18.3 Å². The molecule has 1 aliphatic heterocycles. The third-order valence-corrected chi connectivity index (χ3v) is 5.88. The molecule has 2 heterocycles. The van der Waals surface area contributed by atoms with Crippen LogP contribution in [-0.2, 0) is 24.0 Å². The number of alkyl halides is 3. The third kappa shape index (κ3) is 3.19. The normalized spacial score (nSPS) is 18.2. The lowest BCUT2D eigenvalue weighted by Crippen LogP contribution is -2.50. The molecule has 9 heteroatoms. The fourth-order valence-electron chi connectivity index (χ4n) is 4.22. The Morgan fingerprint density at radius 2 is 1.73 bits per heavy atom. The molecular formula is C24H17F4N3O2. The lowest BCUT2D eigenvalue weighted by Gasteiger charge is -2.25. The Bertz CT molecular complexity index is 1410. The Morgan fingerprint density at radius 1 is 1.03 bits per heavy atom. The van der Waals surface area contributed by atoms with E-state index < -0.39 is 35.6 Å². The molecule has 3 aromatic carbocycles. The molecule has 5 nitrogen and oxygen atoms in total. The van der Waals surface area contributed by atoms with E-state index >= 15 is 0 Å². The zero-order valence-corrected chi connectivity index (χ0v) is 17.3. The maximum Gasteiger partial charge on any atom is 0.430 e. The summed E-state index contributed by atoms with van der Waals surface area (Å²) >= 11 is 0. The average molecular weight is 455 g/mol. The largest absolute Gasteiger partial charge is 0.430 e. The van der Waals surface area contributed by atoms with Crippen LogP contribution in [0.2, 0.25) is 0 Å². The number of amides is 1. The highest BCUT2D eigenvalue weighted by molar-refractivity contribution is 6.07. The van der Waals surface area contributed by atoms with Gasteiger partial charge < -0.3 is 10.0 Å². The molecule has 4 aromatic rings. The minimum Gasteiger partial charge on any atom is -0.368 e. The number of anilines is 1. The van der Waals surface area contributed by atoms with Crippen molar-refractivity contribution in [3.8, 4) is 11.1 Å². The van der Waals surface area contributed by atoms with Crippen LogP contribution in [0, 0.1) is 5.82 Å². The van der Waals surface area contributed by atoms with Crippen LogP contribution in [0.4, 0.5) is 23.2 Å². The highest BCUT2D eigenvalue weighted by Crippen LogP contribution is 2.49. The minimum atomic E-state index is -5.22. The van der Waals surface area contributed by atoms with Gasteiger partial charge in [-0.2, -0.15) is 18.3 Å². The van der Waals surface area contributed by atoms with E-state index in [1.165, 1.54) is 30.3 Å². The van der Waals surface area contributed by atoms with Gasteiger partial charge in [0.1, 0.15) is 5.82 Å². The predicted octanol–water partition coefficient (Wildman–Crippen LogP) is 4.68. The lowest BCUT2D eigenvalue weighted by molar-refractivity contribution is -0.253. The molecule has 0 saturated carbocycles. The number of nitrogens with zero attached hydrogens (tertiary/aromatic N) is 3. The smallest absolute Gasteiger partial charge is 0.368 e. The summed E-state index contributed by atoms with van der Waals surface area (Å²) in [6.45, 7) is -0.456. The van der Waals surface area contributed by atoms with Crippen LogP contribution >= 0.6 is 0 Å². The minimum absolute atomic E-state index is 0.0239. The van der Waals surface area contributed by atoms with Crippen molar-refractivity contribution in [3.63, 3.8) is 0 Å². The van der Waals surface area contributed by atoms with Gasteiger partial charge in [-0.3, -0.25) is 9.48 Å². The summed E-state index contributed by atoms with van der Waals surface area (Å²) in [5.74, 6) is -2.23. The molecule has 1 N–H and O–H groups in total. The molecule has 33 heavy (non-hydrogen) atoms. The summed E-state index contributed by atoms with van der Waals surface area (Å²) in [5, 5.41) is 15.5. The molecule has 1 unspecified atom stereocenters. The number of benzene rings is 3. The van der Waals surface area contributed by atoms with Gasteiger partial charge in [-0.15, -0.1) is 0 Å². The molecule has 1 aliphatic rings. The Hall–Kier alpha value is -3.72. The van der Waals surface area contributed by atoms with Crippen molar-refractivity contribution in [2.75, 3.05) is 4.90 Å². The topological polar surface area (TPSA) is 58.4 Å². The van der Waals surface area contributed by atoms with Crippen LogP contribution in [0.5, 0.6) is 0 Å². The second kappa shape index (κ2) is 7.14. The number of carbonyl (C=O) groups excluding carboxylic acids is 1. The number of rotatable bonds is 3. The van der Waals surface area contributed by atoms with Gasteiger partial charge in [0.25, 0.3) is 11.5 Å². The van der Waals surface area contributed by atoms with E-state index in [4.69, 9.17) is 0 Å². The van der Waals surface area contributed by atoms with Crippen molar-refractivity contribution in [1.29, 1.82) is 0 Å². The molecule has 0 fully saturated rings. The van der Waals surface area contributed by atoms with Gasteiger partial charge in [0.05, 0.1) is 17.7 Å². The number of hydrogen-bond acceptors (Lipinski definition) is 3. The monoisotopic (exact) mass is 455 g/mol. The lowest BCUT2D eigenvalue weighted by atomic mass is 9.95. The molecule has 1 amide bonds. The van der Waals surface area contributed by atoms with E-state index in [-0.39, 0.29) is 11.3 Å². The van der Waals surface area contributed by atoms with Gasteiger partial charge in [-0.1, -0.05) is 36.4 Å². The van der Waals surface area contributed by atoms with Crippen molar-refractivity contribution in [1.82, 2.24) is 9.78 Å². The van der Waals surface area contributed by atoms with Crippen LogP contribution in [0.3, 0.4) is 0 Å². The molecule has 0 saturated heterocycles. The number of fused-ring (bicyclic) bond motifs is 2. The van der Waals surface area contributed by atoms with E-state index in [1.54, 1.807) is 23.9 Å². The molecule has 0 bridgehead atoms. The van der Waals surface area contributed by atoms with E-state index in [2.05, 4.69) is 5.10 Å². The quantitative estimate of drug-likeness (QED) is 0.457. The fraction of sp³-hybridized carbons (Fsp3) is 0.167. The molecule has 1 aromatic heterocycles. The van der Waals surface area contributed by atoms with E-state index in [0.29, 0.717) is 5.56 Å². The third-order valence-electron chi connectivity index (χ3n) is 5.88. The molecule has 168 valence electrons. The average Bonchev–Trinajstić information content (AvgIpc) is 3.25. The summed E-state index contributed by atoms with van der Waals surface area (Å²) in [7, 11) is 1.80. The molecule has 0 aliphatic carbocycles. The first kappa shape index (κ1) is 21.1. The van der Waals surface area contributed by atoms with Gasteiger partial charge in [-0.25, -0.2) is 4.39 Å². The van der Waals surface area contributed by atoms with Gasteiger partial charge in [0.2, 0.25) is 0 Å². The molecule has 0 radical (unpaired) electrons. The predicted molar refractivity (Wildman–Crippen MR) is 114 cm³/mol. The molecule has 0 spiro atoms. The van der Waals surface area contributed by atoms with Gasteiger partial charge in [0, 0.05) is 29.8 Å². The van der Waals surface area contributed by atoms with Crippen LogP contribution in [0.15, 0.2) is 66.9 Å². The highest BCUT2D eigenvalue weighted by atomic mass is 19.4. The Kier molecular flexibility index (Phi) is 4.58. The van der Waals surface area contributed by atoms with E-state index in [0.717, 1.165) is 27.4 Å². The zero-order valence-electron chi connectivity index (χ0n) is 17.3. The number of halogens is 4. The SMILES string of the molecule is Cn1cc2cc(-c3ccc(CN4C(=O)C(O)(C(F)(F)F)c5ccccc54)c(F)c3)ccc2n1. The van der Waals surface area contributed by atoms with Crippen molar-refractivity contribution >= 4 is 22.5 Å². The number of para-hydroxylation sites is 1. The molecular weight excluding hydrogens is 438 g/mol. The number of carbonyl (C=O) groups is 1. The summed E-state index contributed by atoms with van der Waals surface area (Å²) in [6.07, 6.45) is -3.38. The van der Waals surface area contributed by atoms with Gasteiger partial charge >= 0.3 is 6.18 Å². The first-order chi connectivity index (χ1) is 15.6. The van der Waals surface area contributed by atoms with Crippen LogP contribution in [0.25, 0.3) is 22.0 Å². The maximum atomic E-state index is 15.0. The maximum absolute atomic E-state index is 15.0. The van der Waals surface area contributed by atoms with Crippen molar-refractivity contribution in [2.45, 2.75) is 18.3 Å². The zero-order chi connectivity index (χ0) is 23.5. The number of hydrogen-bond donors (Lipinski definition) is 1. The number of aliphatic hydroxyl groups is 1. The van der Waals surface area contributed by atoms with Crippen LogP contribution in [-0.4, -0.2) is 27.0 Å². The van der Waals surface area contributed by atoms with Crippen LogP contribution in [0.1, 0.15) is 11.1 Å². The number of aryl methyl sites for hydroxylation is 1. The molecule has 5 rings (SSSR count). The van der Waals surface area contributed by atoms with Gasteiger partial charge in [-0.05, 0) is 35.4 Å². The van der Waals surface area contributed by atoms with Gasteiger partial charge in [0.15, 0.2) is 0 Å². The summed E-state index contributed by atoms with van der Waals surface area (Å²) in [6, 6.07) is 14.9. The molecule has 1 atom stereocenters. The second-order valence-corrected chi connectivity index (χ2v) is 8.00. The summed E-state index contributed by atoms with van der Waals surface area (Å²) < 4.78 is 57.6. The van der Waals surface area contributed by atoms with E-state index in [9.17, 15) is 27.5 Å². The second-order valence-electron chi connectivity index (χ2n) is 8.00.